The fourth-order valence-electron chi connectivity index (χ4n) is 1.89. The standard InChI is InChI=1S/C14H12N2O6S/c17-14(18)13(10-5-2-1-3-6-10)15-23(21,22)12-8-4-7-11(9-12)16(19)20/h1-9,13,15H,(H,17,18)/t13-/m1/s1. The Hall–Kier alpha value is -2.78. The number of nitrogens with zero attached hydrogens (tertiary/aromatic N) is 1. The highest BCUT2D eigenvalue weighted by atomic mass is 32.2. The number of non-ortho nitro benzene ring substituents is 1. The van der Waals surface area contributed by atoms with Crippen molar-refractivity contribution in [1.29, 1.82) is 0 Å². The van der Waals surface area contributed by atoms with Crippen molar-refractivity contribution in [2.24, 2.45) is 0 Å². The molecule has 2 aromatic rings. The van der Waals surface area contributed by atoms with Gasteiger partial charge in [-0.1, -0.05) is 36.4 Å². The van der Waals surface area contributed by atoms with Crippen LogP contribution in [0.4, 0.5) is 5.69 Å². The molecule has 0 bridgehead atoms. The second kappa shape index (κ2) is 6.55. The summed E-state index contributed by atoms with van der Waals surface area (Å²) in [4.78, 5) is 21.0. The number of rotatable bonds is 6. The van der Waals surface area contributed by atoms with Gasteiger partial charge in [0.25, 0.3) is 5.69 Å². The highest BCUT2D eigenvalue weighted by Crippen LogP contribution is 2.20. The molecule has 23 heavy (non-hydrogen) atoms. The van der Waals surface area contributed by atoms with Crippen LogP contribution < -0.4 is 4.72 Å². The average Bonchev–Trinajstić information content (AvgIpc) is 2.53. The lowest BCUT2D eigenvalue weighted by Gasteiger charge is -2.15. The van der Waals surface area contributed by atoms with E-state index in [4.69, 9.17) is 0 Å². The van der Waals surface area contributed by atoms with E-state index in [0.717, 1.165) is 18.2 Å². The molecule has 0 heterocycles. The van der Waals surface area contributed by atoms with Crippen molar-refractivity contribution in [3.8, 4) is 0 Å². The van der Waals surface area contributed by atoms with Gasteiger partial charge in [0.15, 0.2) is 0 Å². The summed E-state index contributed by atoms with van der Waals surface area (Å²) < 4.78 is 26.6. The van der Waals surface area contributed by atoms with Crippen LogP contribution in [0.5, 0.6) is 0 Å². The molecule has 0 amide bonds. The Balaban J connectivity index is 2.37. The van der Waals surface area contributed by atoms with Gasteiger partial charge in [0.1, 0.15) is 6.04 Å². The number of nitro benzene ring substituents is 1. The lowest BCUT2D eigenvalue weighted by atomic mass is 10.1. The predicted molar refractivity (Wildman–Crippen MR) is 80.2 cm³/mol. The Labute approximate surface area is 131 Å². The first-order valence-electron chi connectivity index (χ1n) is 6.36. The topological polar surface area (TPSA) is 127 Å². The summed E-state index contributed by atoms with van der Waals surface area (Å²) in [6.45, 7) is 0. The van der Waals surface area contributed by atoms with Crippen LogP contribution in [0, 0.1) is 10.1 Å². The van der Waals surface area contributed by atoms with Crippen molar-refractivity contribution < 1.29 is 23.2 Å². The zero-order chi connectivity index (χ0) is 17.0. The van der Waals surface area contributed by atoms with E-state index < -0.39 is 32.6 Å². The first-order valence-corrected chi connectivity index (χ1v) is 7.84. The summed E-state index contributed by atoms with van der Waals surface area (Å²) in [6.07, 6.45) is 0. The number of sulfonamides is 1. The summed E-state index contributed by atoms with van der Waals surface area (Å²) in [7, 11) is -4.24. The zero-order valence-electron chi connectivity index (χ0n) is 11.6. The Morgan fingerprint density at radius 2 is 1.78 bits per heavy atom. The molecule has 0 fully saturated rings. The lowest BCUT2D eigenvalue weighted by molar-refractivity contribution is -0.385. The molecule has 9 heteroatoms. The van der Waals surface area contributed by atoms with Crippen LogP contribution in [0.15, 0.2) is 59.5 Å². The van der Waals surface area contributed by atoms with Gasteiger partial charge < -0.3 is 5.11 Å². The van der Waals surface area contributed by atoms with Crippen LogP contribution in [-0.2, 0) is 14.8 Å². The fraction of sp³-hybridized carbons (Fsp3) is 0.0714. The molecule has 2 rings (SSSR count). The molecule has 0 saturated carbocycles. The van der Waals surface area contributed by atoms with Crippen LogP contribution in [-0.4, -0.2) is 24.4 Å². The van der Waals surface area contributed by atoms with Crippen LogP contribution in [0.1, 0.15) is 11.6 Å². The van der Waals surface area contributed by atoms with Gasteiger partial charge in [-0.3, -0.25) is 14.9 Å². The molecule has 0 radical (unpaired) electrons. The molecule has 0 spiro atoms. The van der Waals surface area contributed by atoms with E-state index in [9.17, 15) is 28.4 Å². The average molecular weight is 336 g/mol. The third kappa shape index (κ3) is 3.90. The molecular formula is C14H12N2O6S. The maximum absolute atomic E-state index is 12.3. The van der Waals surface area contributed by atoms with Gasteiger partial charge in [0, 0.05) is 12.1 Å². The number of carboxylic acid groups (broad SMARTS) is 1. The largest absolute Gasteiger partial charge is 0.480 e. The smallest absolute Gasteiger partial charge is 0.326 e. The summed E-state index contributed by atoms with van der Waals surface area (Å²) in [5.74, 6) is -1.38. The Morgan fingerprint density at radius 1 is 1.13 bits per heavy atom. The van der Waals surface area contributed by atoms with E-state index in [-0.39, 0.29) is 10.5 Å². The van der Waals surface area contributed by atoms with Crippen LogP contribution in [0.25, 0.3) is 0 Å². The lowest BCUT2D eigenvalue weighted by Crippen LogP contribution is -2.33. The molecule has 1 atom stereocenters. The third-order valence-electron chi connectivity index (χ3n) is 2.99. The second-order valence-electron chi connectivity index (χ2n) is 4.56. The van der Waals surface area contributed by atoms with Crippen molar-refractivity contribution in [2.75, 3.05) is 0 Å². The first kappa shape index (κ1) is 16.6. The molecule has 0 unspecified atom stereocenters. The van der Waals surface area contributed by atoms with Crippen molar-refractivity contribution in [2.45, 2.75) is 10.9 Å². The number of aliphatic carboxylic acids is 1. The minimum atomic E-state index is -4.24. The van der Waals surface area contributed by atoms with Crippen LogP contribution in [0.3, 0.4) is 0 Å². The van der Waals surface area contributed by atoms with Crippen molar-refractivity contribution in [3.63, 3.8) is 0 Å². The third-order valence-corrected chi connectivity index (χ3v) is 4.41. The Morgan fingerprint density at radius 3 is 2.35 bits per heavy atom. The SMILES string of the molecule is O=C(O)[C@H](NS(=O)(=O)c1cccc([N+](=O)[O-])c1)c1ccccc1. The predicted octanol–water partition coefficient (Wildman–Crippen LogP) is 1.70. The number of nitro groups is 1. The Kier molecular flexibility index (Phi) is 4.72. The molecule has 0 aromatic heterocycles. The second-order valence-corrected chi connectivity index (χ2v) is 6.27. The number of carbonyl (C=O) groups is 1. The van der Waals surface area contributed by atoms with Gasteiger partial charge in [0.2, 0.25) is 10.0 Å². The van der Waals surface area contributed by atoms with Crippen LogP contribution >= 0.6 is 0 Å². The number of carboxylic acids is 1. The highest BCUT2D eigenvalue weighted by Gasteiger charge is 2.27. The van der Waals surface area contributed by atoms with Gasteiger partial charge in [-0.05, 0) is 11.6 Å². The number of hydrogen-bond acceptors (Lipinski definition) is 5. The number of benzene rings is 2. The molecule has 0 aliphatic carbocycles. The van der Waals surface area contributed by atoms with Gasteiger partial charge in [-0.2, -0.15) is 4.72 Å². The maximum Gasteiger partial charge on any atom is 0.326 e. The van der Waals surface area contributed by atoms with Crippen LogP contribution in [0.2, 0.25) is 0 Å². The molecule has 0 aliphatic rings. The van der Waals surface area contributed by atoms with E-state index in [2.05, 4.69) is 0 Å². The minimum absolute atomic E-state index is 0.244. The molecule has 8 nitrogen and oxygen atoms in total. The van der Waals surface area contributed by atoms with E-state index >= 15 is 0 Å². The quantitative estimate of drug-likeness (QED) is 0.610. The van der Waals surface area contributed by atoms with Crippen molar-refractivity contribution in [1.82, 2.24) is 4.72 Å². The van der Waals surface area contributed by atoms with E-state index in [1.807, 2.05) is 4.72 Å². The maximum atomic E-state index is 12.3. The summed E-state index contributed by atoms with van der Waals surface area (Å²) in [5, 5.41) is 20.0. The van der Waals surface area contributed by atoms with Gasteiger partial charge in [0.05, 0.1) is 9.82 Å². The first-order chi connectivity index (χ1) is 10.8. The van der Waals surface area contributed by atoms with Gasteiger partial charge in [-0.15, -0.1) is 0 Å². The normalized spacial score (nSPS) is 12.5. The highest BCUT2D eigenvalue weighted by molar-refractivity contribution is 7.89. The summed E-state index contributed by atoms with van der Waals surface area (Å²) >= 11 is 0. The molecule has 2 aromatic carbocycles. The number of nitrogens with one attached hydrogen (secondary N) is 1. The Bertz CT molecular complexity index is 835. The van der Waals surface area contributed by atoms with Crippen molar-refractivity contribution >= 4 is 21.7 Å². The molecule has 120 valence electrons. The van der Waals surface area contributed by atoms with Gasteiger partial charge >= 0.3 is 5.97 Å². The summed E-state index contributed by atoms with van der Waals surface area (Å²) in [6, 6.07) is 10.6. The van der Waals surface area contributed by atoms with E-state index in [1.165, 1.54) is 18.2 Å². The molecule has 0 saturated heterocycles. The van der Waals surface area contributed by atoms with E-state index in [1.54, 1.807) is 18.2 Å². The van der Waals surface area contributed by atoms with Gasteiger partial charge in [-0.25, -0.2) is 8.42 Å². The summed E-state index contributed by atoms with van der Waals surface area (Å²) in [5.41, 5.74) is -0.159. The zero-order valence-corrected chi connectivity index (χ0v) is 12.4. The van der Waals surface area contributed by atoms with Crippen molar-refractivity contribution in [3.05, 3.63) is 70.3 Å². The molecule has 2 N–H and O–H groups in total. The molecular weight excluding hydrogens is 324 g/mol. The molecule has 0 aliphatic heterocycles. The number of hydrogen-bond donors (Lipinski definition) is 2. The minimum Gasteiger partial charge on any atom is -0.480 e. The monoisotopic (exact) mass is 336 g/mol. The van der Waals surface area contributed by atoms with E-state index in [0.29, 0.717) is 0 Å². The fourth-order valence-corrected chi connectivity index (χ4v) is 3.11.